The highest BCUT2D eigenvalue weighted by Crippen LogP contribution is 2.37. The fraction of sp³-hybridized carbons (Fsp3) is 0.0833. The predicted molar refractivity (Wildman–Crippen MR) is 129 cm³/mol. The number of rotatable bonds is 7. The van der Waals surface area contributed by atoms with Crippen molar-refractivity contribution in [1.29, 1.82) is 0 Å². The maximum absolute atomic E-state index is 11.9. The second kappa shape index (κ2) is 9.28. The summed E-state index contributed by atoms with van der Waals surface area (Å²) in [6.07, 6.45) is 5.98. The highest BCUT2D eigenvalue weighted by Gasteiger charge is 2.21. The number of primary amides is 1. The molecular formula is C24H21N5O4S. The van der Waals surface area contributed by atoms with Gasteiger partial charge in [-0.1, -0.05) is 18.2 Å². The molecule has 2 aromatic heterocycles. The van der Waals surface area contributed by atoms with Crippen molar-refractivity contribution in [2.24, 2.45) is 5.73 Å². The first kappa shape index (κ1) is 22.9. The van der Waals surface area contributed by atoms with E-state index in [9.17, 15) is 13.2 Å². The molecule has 4 rings (SSSR count). The topological polar surface area (TPSA) is 137 Å². The second-order valence-corrected chi connectivity index (χ2v) is 9.07. The Hall–Kier alpha value is -4.31. The van der Waals surface area contributed by atoms with Gasteiger partial charge in [-0.05, 0) is 54.4 Å². The van der Waals surface area contributed by atoms with E-state index in [1.165, 1.54) is 6.07 Å². The van der Waals surface area contributed by atoms with Gasteiger partial charge in [0.05, 0.1) is 17.5 Å². The smallest absolute Gasteiger partial charge is 0.306 e. The molecule has 0 saturated heterocycles. The molecule has 34 heavy (non-hydrogen) atoms. The lowest BCUT2D eigenvalue weighted by molar-refractivity contribution is 0.0999. The summed E-state index contributed by atoms with van der Waals surface area (Å²) in [5.74, 6) is -0.478. The third-order valence-corrected chi connectivity index (χ3v) is 5.38. The van der Waals surface area contributed by atoms with Crippen LogP contribution in [0.15, 0.2) is 73.2 Å². The lowest BCUT2D eigenvalue weighted by atomic mass is 9.96. The fourth-order valence-corrected chi connectivity index (χ4v) is 3.89. The molecule has 0 aliphatic rings. The fourth-order valence-electron chi connectivity index (χ4n) is 3.42. The minimum Gasteiger partial charge on any atom is -0.381 e. The van der Waals surface area contributed by atoms with E-state index < -0.39 is 16.0 Å². The molecule has 9 nitrogen and oxygen atoms in total. The molecule has 0 saturated carbocycles. The Morgan fingerprint density at radius 1 is 1.00 bits per heavy atom. The summed E-state index contributed by atoms with van der Waals surface area (Å²) >= 11 is 0. The van der Waals surface area contributed by atoms with Gasteiger partial charge in [-0.3, -0.25) is 9.78 Å². The van der Waals surface area contributed by atoms with E-state index in [-0.39, 0.29) is 11.3 Å². The molecule has 0 aliphatic carbocycles. The Morgan fingerprint density at radius 2 is 1.76 bits per heavy atom. The number of nitrogens with two attached hydrogens (primary N) is 1. The molecule has 2 heterocycles. The molecule has 172 valence electrons. The van der Waals surface area contributed by atoms with Crippen LogP contribution in [0, 0.1) is 6.92 Å². The zero-order valence-electron chi connectivity index (χ0n) is 18.4. The van der Waals surface area contributed by atoms with Crippen LogP contribution in [0.5, 0.6) is 5.75 Å². The van der Waals surface area contributed by atoms with Crippen molar-refractivity contribution in [2.75, 3.05) is 11.6 Å². The van der Waals surface area contributed by atoms with Gasteiger partial charge in [0.15, 0.2) is 5.75 Å². The van der Waals surface area contributed by atoms with Crippen molar-refractivity contribution in [2.45, 2.75) is 6.92 Å². The summed E-state index contributed by atoms with van der Waals surface area (Å²) in [7, 11) is -3.90. The normalized spacial score (nSPS) is 11.1. The van der Waals surface area contributed by atoms with Gasteiger partial charge >= 0.3 is 10.1 Å². The molecule has 0 bridgehead atoms. The number of amides is 1. The molecule has 0 unspecified atom stereocenters. The quantitative estimate of drug-likeness (QED) is 0.386. The maximum Gasteiger partial charge on any atom is 0.306 e. The SMILES string of the molecule is Cc1ccc(C(N)=O)c(OS(C)(=O)=O)c1-c1ccc(Nc2nccc(-c3cccnc3)n2)cc1. The van der Waals surface area contributed by atoms with Gasteiger partial charge in [0.2, 0.25) is 5.95 Å². The van der Waals surface area contributed by atoms with Gasteiger partial charge in [0.1, 0.15) is 0 Å². The first-order valence-corrected chi connectivity index (χ1v) is 12.0. The van der Waals surface area contributed by atoms with Gasteiger partial charge in [0.25, 0.3) is 5.91 Å². The zero-order chi connectivity index (χ0) is 24.3. The third-order valence-electron chi connectivity index (χ3n) is 4.91. The Morgan fingerprint density at radius 3 is 2.41 bits per heavy atom. The zero-order valence-corrected chi connectivity index (χ0v) is 19.2. The van der Waals surface area contributed by atoms with Crippen molar-refractivity contribution >= 4 is 27.7 Å². The first-order valence-electron chi connectivity index (χ1n) is 10.1. The van der Waals surface area contributed by atoms with Crippen LogP contribution in [0.25, 0.3) is 22.4 Å². The summed E-state index contributed by atoms with van der Waals surface area (Å²) in [5, 5.41) is 3.15. The molecule has 0 spiro atoms. The van der Waals surface area contributed by atoms with Crippen LogP contribution < -0.4 is 15.2 Å². The number of hydrogen-bond donors (Lipinski definition) is 2. The Bertz CT molecular complexity index is 1460. The number of pyridine rings is 1. The lowest BCUT2D eigenvalue weighted by Gasteiger charge is -2.16. The molecule has 4 aromatic rings. The number of nitrogens with one attached hydrogen (secondary N) is 1. The molecular weight excluding hydrogens is 454 g/mol. The minimum absolute atomic E-state index is 0.0196. The highest BCUT2D eigenvalue weighted by molar-refractivity contribution is 7.86. The molecule has 2 aromatic carbocycles. The van der Waals surface area contributed by atoms with Crippen LogP contribution in [0.1, 0.15) is 15.9 Å². The van der Waals surface area contributed by atoms with Gasteiger partial charge < -0.3 is 15.2 Å². The van der Waals surface area contributed by atoms with Crippen molar-refractivity contribution in [3.63, 3.8) is 0 Å². The van der Waals surface area contributed by atoms with Crippen LogP contribution in [0.3, 0.4) is 0 Å². The number of carbonyl (C=O) groups is 1. The van der Waals surface area contributed by atoms with Crippen molar-refractivity contribution < 1.29 is 17.4 Å². The van der Waals surface area contributed by atoms with E-state index in [1.807, 2.05) is 12.1 Å². The summed E-state index contributed by atoms with van der Waals surface area (Å²) in [5.41, 5.74) is 9.56. The molecule has 10 heteroatoms. The van der Waals surface area contributed by atoms with Gasteiger partial charge in [-0.2, -0.15) is 8.42 Å². The van der Waals surface area contributed by atoms with Crippen molar-refractivity contribution in [1.82, 2.24) is 15.0 Å². The Kier molecular flexibility index (Phi) is 6.24. The van der Waals surface area contributed by atoms with Crippen LogP contribution in [-0.4, -0.2) is 35.5 Å². The van der Waals surface area contributed by atoms with E-state index in [2.05, 4.69) is 20.3 Å². The third kappa shape index (κ3) is 5.18. The van der Waals surface area contributed by atoms with Crippen LogP contribution in [-0.2, 0) is 10.1 Å². The largest absolute Gasteiger partial charge is 0.381 e. The van der Waals surface area contributed by atoms with Crippen molar-refractivity contribution in [3.8, 4) is 28.1 Å². The van der Waals surface area contributed by atoms with E-state index in [1.54, 1.807) is 61.9 Å². The standard InChI is InChI=1S/C24H21N5O4S/c1-15-5-10-19(23(25)30)22(33-34(2,31)32)21(15)16-6-8-18(9-7-16)28-24-27-13-11-20(29-24)17-4-3-12-26-14-17/h3-14H,1-2H3,(H2,25,30)(H,27,28,29). The molecule has 3 N–H and O–H groups in total. The molecule has 0 fully saturated rings. The number of benzene rings is 2. The molecule has 1 amide bonds. The number of carbonyl (C=O) groups excluding carboxylic acids is 1. The number of hydrogen-bond acceptors (Lipinski definition) is 8. The number of aromatic nitrogens is 3. The molecule has 0 radical (unpaired) electrons. The molecule has 0 aliphatic heterocycles. The average Bonchev–Trinajstić information content (AvgIpc) is 2.80. The number of anilines is 2. The molecule has 0 atom stereocenters. The van der Waals surface area contributed by atoms with E-state index >= 15 is 0 Å². The minimum atomic E-state index is -3.90. The van der Waals surface area contributed by atoms with Gasteiger partial charge in [-0.25, -0.2) is 9.97 Å². The van der Waals surface area contributed by atoms with Crippen molar-refractivity contribution in [3.05, 3.63) is 84.3 Å². The predicted octanol–water partition coefficient (Wildman–Crippen LogP) is 3.69. The van der Waals surface area contributed by atoms with Gasteiger partial charge in [-0.15, -0.1) is 0 Å². The monoisotopic (exact) mass is 475 g/mol. The van der Waals surface area contributed by atoms with Gasteiger partial charge in [0, 0.05) is 35.4 Å². The van der Waals surface area contributed by atoms with Crippen LogP contribution >= 0.6 is 0 Å². The highest BCUT2D eigenvalue weighted by atomic mass is 32.2. The summed E-state index contributed by atoms with van der Waals surface area (Å²) in [4.78, 5) is 24.8. The summed E-state index contributed by atoms with van der Waals surface area (Å²) in [6.45, 7) is 1.79. The average molecular weight is 476 g/mol. The van der Waals surface area contributed by atoms with E-state index in [0.29, 0.717) is 22.8 Å². The summed E-state index contributed by atoms with van der Waals surface area (Å²) < 4.78 is 28.9. The lowest BCUT2D eigenvalue weighted by Crippen LogP contribution is -2.16. The number of nitrogens with zero attached hydrogens (tertiary/aromatic N) is 3. The van der Waals surface area contributed by atoms with E-state index in [0.717, 1.165) is 23.1 Å². The van der Waals surface area contributed by atoms with Crippen LogP contribution in [0.4, 0.5) is 11.6 Å². The van der Waals surface area contributed by atoms with E-state index in [4.69, 9.17) is 9.92 Å². The second-order valence-electron chi connectivity index (χ2n) is 7.50. The van der Waals surface area contributed by atoms with Crippen LogP contribution in [0.2, 0.25) is 0 Å². The Labute approximate surface area is 196 Å². The Balaban J connectivity index is 1.66. The maximum atomic E-state index is 11.9. The number of aryl methyl sites for hydroxylation is 1. The summed E-state index contributed by atoms with van der Waals surface area (Å²) in [6, 6.07) is 15.8. The first-order chi connectivity index (χ1) is 16.2.